The van der Waals surface area contributed by atoms with Crippen molar-refractivity contribution in [2.75, 3.05) is 7.11 Å². The summed E-state index contributed by atoms with van der Waals surface area (Å²) in [6.45, 7) is 0. The van der Waals surface area contributed by atoms with Crippen LogP contribution in [0.3, 0.4) is 0 Å². The van der Waals surface area contributed by atoms with Gasteiger partial charge < -0.3 is 9.84 Å². The molecule has 8 heteroatoms. The maximum absolute atomic E-state index is 12.0. The van der Waals surface area contributed by atoms with Crippen LogP contribution in [0.1, 0.15) is 21.5 Å². The molecule has 2 aromatic carbocycles. The second-order valence-electron chi connectivity index (χ2n) is 5.06. The lowest BCUT2D eigenvalue weighted by Gasteiger charge is -2.03. The van der Waals surface area contributed by atoms with E-state index >= 15 is 0 Å². The molecule has 8 nitrogen and oxygen atoms in total. The fourth-order valence-corrected chi connectivity index (χ4v) is 1.94. The molecule has 0 atom stereocenters. The van der Waals surface area contributed by atoms with E-state index in [4.69, 9.17) is 9.94 Å². The summed E-state index contributed by atoms with van der Waals surface area (Å²) in [6.07, 6.45) is 3.95. The summed E-state index contributed by atoms with van der Waals surface area (Å²) in [5.41, 5.74) is 5.30. The number of hydrogen-bond donors (Lipinski definition) is 4. The van der Waals surface area contributed by atoms with E-state index < -0.39 is 11.8 Å². The maximum Gasteiger partial charge on any atom is 0.271 e. The van der Waals surface area contributed by atoms with Crippen LogP contribution in [0.4, 0.5) is 0 Å². The molecule has 0 fully saturated rings. The number of benzene rings is 2. The Labute approximate surface area is 149 Å². The van der Waals surface area contributed by atoms with Gasteiger partial charge in [0.15, 0.2) is 0 Å². The minimum absolute atomic E-state index is 0.0228. The molecular formula is C18H17N3O5. The van der Waals surface area contributed by atoms with Crippen LogP contribution < -0.4 is 15.6 Å². The van der Waals surface area contributed by atoms with Crippen LogP contribution >= 0.6 is 0 Å². The average Bonchev–Trinajstić information content (AvgIpc) is 2.67. The zero-order chi connectivity index (χ0) is 18.9. The van der Waals surface area contributed by atoms with Gasteiger partial charge in [-0.3, -0.25) is 14.8 Å². The molecular weight excluding hydrogens is 338 g/mol. The number of aromatic hydroxyl groups is 1. The topological polar surface area (TPSA) is 120 Å². The molecule has 0 aromatic heterocycles. The van der Waals surface area contributed by atoms with Gasteiger partial charge in [-0.15, -0.1) is 0 Å². The normalized spacial score (nSPS) is 10.8. The molecule has 4 N–H and O–H groups in total. The van der Waals surface area contributed by atoms with Crippen molar-refractivity contribution in [3.05, 3.63) is 65.2 Å². The third kappa shape index (κ3) is 5.18. The lowest BCUT2D eigenvalue weighted by Crippen LogP contribution is -2.17. The minimum atomic E-state index is -0.650. The fraction of sp³-hybridized carbons (Fsp3) is 0.0556. The number of hydrazone groups is 1. The summed E-state index contributed by atoms with van der Waals surface area (Å²) in [4.78, 5) is 22.9. The van der Waals surface area contributed by atoms with Crippen molar-refractivity contribution in [1.82, 2.24) is 10.9 Å². The maximum atomic E-state index is 12.0. The van der Waals surface area contributed by atoms with Crippen molar-refractivity contribution < 1.29 is 24.6 Å². The van der Waals surface area contributed by atoms with Crippen LogP contribution in [0.2, 0.25) is 0 Å². The van der Waals surface area contributed by atoms with E-state index in [0.717, 1.165) is 6.08 Å². The van der Waals surface area contributed by atoms with Crippen molar-refractivity contribution >= 4 is 24.1 Å². The molecule has 26 heavy (non-hydrogen) atoms. The highest BCUT2D eigenvalue weighted by molar-refractivity contribution is 5.95. The third-order valence-electron chi connectivity index (χ3n) is 3.32. The number of nitrogens with one attached hydrogen (secondary N) is 2. The standard InChI is InChI=1S/C18H17N3O5/c1-26-15-8-7-14(16(22)10-15)11-19-20-18(24)13-5-2-12(3-6-13)4-9-17(23)21-25/h2-11,22,25H,1H3,(H,20,24)(H,21,23). The Morgan fingerprint density at radius 2 is 1.88 bits per heavy atom. The second kappa shape index (κ2) is 9.00. The molecule has 2 rings (SSSR count). The number of nitrogens with zero attached hydrogens (tertiary/aromatic N) is 1. The molecule has 0 saturated carbocycles. The Morgan fingerprint density at radius 1 is 1.15 bits per heavy atom. The molecule has 0 aliphatic rings. The zero-order valence-corrected chi connectivity index (χ0v) is 13.8. The fourth-order valence-electron chi connectivity index (χ4n) is 1.94. The quantitative estimate of drug-likeness (QED) is 0.272. The highest BCUT2D eigenvalue weighted by atomic mass is 16.5. The largest absolute Gasteiger partial charge is 0.507 e. The van der Waals surface area contributed by atoms with E-state index in [1.807, 2.05) is 0 Å². The Balaban J connectivity index is 1.97. The van der Waals surface area contributed by atoms with Crippen LogP contribution in [0, 0.1) is 0 Å². The van der Waals surface area contributed by atoms with Gasteiger partial charge in [0.05, 0.1) is 13.3 Å². The first kappa shape index (κ1) is 18.7. The van der Waals surface area contributed by atoms with Crippen molar-refractivity contribution in [2.24, 2.45) is 5.10 Å². The Bertz CT molecular complexity index is 844. The first-order valence-corrected chi connectivity index (χ1v) is 7.46. The van der Waals surface area contributed by atoms with Crippen LogP contribution in [-0.4, -0.2) is 35.5 Å². The van der Waals surface area contributed by atoms with Crippen LogP contribution in [-0.2, 0) is 4.79 Å². The molecule has 0 aliphatic heterocycles. The van der Waals surface area contributed by atoms with Crippen LogP contribution in [0.15, 0.2) is 53.6 Å². The van der Waals surface area contributed by atoms with Crippen molar-refractivity contribution in [1.29, 1.82) is 0 Å². The Morgan fingerprint density at radius 3 is 2.50 bits per heavy atom. The van der Waals surface area contributed by atoms with Gasteiger partial charge in [0.2, 0.25) is 0 Å². The van der Waals surface area contributed by atoms with Gasteiger partial charge in [0.1, 0.15) is 11.5 Å². The molecule has 0 radical (unpaired) electrons. The first-order valence-electron chi connectivity index (χ1n) is 7.46. The number of ether oxygens (including phenoxy) is 1. The number of rotatable bonds is 6. The number of carbonyl (C=O) groups is 2. The molecule has 134 valence electrons. The average molecular weight is 355 g/mol. The molecule has 0 saturated heterocycles. The van der Waals surface area contributed by atoms with Gasteiger partial charge in [0.25, 0.3) is 11.8 Å². The zero-order valence-electron chi connectivity index (χ0n) is 13.8. The predicted molar refractivity (Wildman–Crippen MR) is 95.1 cm³/mol. The second-order valence-corrected chi connectivity index (χ2v) is 5.06. The lowest BCUT2D eigenvalue weighted by molar-refractivity contribution is -0.124. The first-order chi connectivity index (χ1) is 12.5. The van der Waals surface area contributed by atoms with Gasteiger partial charge >= 0.3 is 0 Å². The van der Waals surface area contributed by atoms with Gasteiger partial charge in [-0.05, 0) is 35.9 Å². The SMILES string of the molecule is COc1ccc(C=NNC(=O)c2ccc(C=CC(=O)NO)cc2)c(O)c1. The van der Waals surface area contributed by atoms with E-state index in [1.54, 1.807) is 36.4 Å². The molecule has 0 unspecified atom stereocenters. The molecule has 0 spiro atoms. The van der Waals surface area contributed by atoms with Gasteiger partial charge in [-0.2, -0.15) is 5.10 Å². The Kier molecular flexibility index (Phi) is 6.47. The molecule has 2 amide bonds. The summed E-state index contributed by atoms with van der Waals surface area (Å²) in [5, 5.41) is 22.0. The number of hydrogen-bond acceptors (Lipinski definition) is 6. The van der Waals surface area contributed by atoms with E-state index in [2.05, 4.69) is 10.5 Å². The summed E-state index contributed by atoms with van der Waals surface area (Å²) in [5.74, 6) is -0.597. The van der Waals surface area contributed by atoms with E-state index in [1.165, 1.54) is 30.9 Å². The van der Waals surface area contributed by atoms with Gasteiger partial charge in [-0.25, -0.2) is 10.9 Å². The number of hydroxylamine groups is 1. The Hall–Kier alpha value is -3.65. The predicted octanol–water partition coefficient (Wildman–Crippen LogP) is 1.68. The lowest BCUT2D eigenvalue weighted by atomic mass is 10.1. The number of phenols is 1. The number of phenolic OH excluding ortho intramolecular Hbond substituents is 1. The van der Waals surface area contributed by atoms with Gasteiger partial charge in [-0.1, -0.05) is 12.1 Å². The van der Waals surface area contributed by atoms with Crippen molar-refractivity contribution in [2.45, 2.75) is 0 Å². The monoisotopic (exact) mass is 355 g/mol. The third-order valence-corrected chi connectivity index (χ3v) is 3.32. The van der Waals surface area contributed by atoms with E-state index in [-0.39, 0.29) is 5.75 Å². The van der Waals surface area contributed by atoms with E-state index in [0.29, 0.717) is 22.4 Å². The van der Waals surface area contributed by atoms with Crippen LogP contribution in [0.25, 0.3) is 6.08 Å². The summed E-state index contributed by atoms with van der Waals surface area (Å²) < 4.78 is 4.98. The number of amides is 2. The van der Waals surface area contributed by atoms with Gasteiger partial charge in [0, 0.05) is 23.3 Å². The summed E-state index contributed by atoms with van der Waals surface area (Å²) >= 11 is 0. The van der Waals surface area contributed by atoms with Crippen LogP contribution in [0.5, 0.6) is 11.5 Å². The van der Waals surface area contributed by atoms with Crippen molar-refractivity contribution in [3.8, 4) is 11.5 Å². The number of carbonyl (C=O) groups excluding carboxylic acids is 2. The summed E-state index contributed by atoms with van der Waals surface area (Å²) in [6, 6.07) is 11.1. The molecule has 0 aliphatic carbocycles. The highest BCUT2D eigenvalue weighted by Gasteiger charge is 2.04. The smallest absolute Gasteiger partial charge is 0.271 e. The molecule has 2 aromatic rings. The highest BCUT2D eigenvalue weighted by Crippen LogP contribution is 2.21. The molecule has 0 heterocycles. The molecule has 0 bridgehead atoms. The van der Waals surface area contributed by atoms with E-state index in [9.17, 15) is 14.7 Å². The summed E-state index contributed by atoms with van der Waals surface area (Å²) in [7, 11) is 1.49. The van der Waals surface area contributed by atoms with Crippen molar-refractivity contribution in [3.63, 3.8) is 0 Å². The minimum Gasteiger partial charge on any atom is -0.507 e. The number of methoxy groups -OCH3 is 1.